The molecular weight excluding hydrogens is 404 g/mol. The van der Waals surface area contributed by atoms with Crippen molar-refractivity contribution in [3.05, 3.63) is 85.1 Å². The molecule has 0 saturated carbocycles. The standard InChI is InChI=1S/C25H26N4O3/c1-2-24(30)32-21-10-6-9-20(15-21)31-22-16-23(25(26)27-17-22)29-13-11-28(12-14-29)18-19-7-4-3-5-8-19/h2-10,15-17H,1,11-14,18H2,(H2,26,27). The van der Waals surface area contributed by atoms with Gasteiger partial charge in [-0.2, -0.15) is 0 Å². The van der Waals surface area contributed by atoms with E-state index >= 15 is 0 Å². The molecule has 0 amide bonds. The number of hydrogen-bond donors (Lipinski definition) is 1. The minimum Gasteiger partial charge on any atom is -0.456 e. The van der Waals surface area contributed by atoms with Crippen LogP contribution >= 0.6 is 0 Å². The number of nitrogens with two attached hydrogens (primary N) is 1. The summed E-state index contributed by atoms with van der Waals surface area (Å²) in [6, 6.07) is 19.2. The van der Waals surface area contributed by atoms with Gasteiger partial charge in [0.2, 0.25) is 0 Å². The Morgan fingerprint density at radius 1 is 1.00 bits per heavy atom. The SMILES string of the molecule is C=CC(=O)Oc1cccc(Oc2cnc(N)c(N3CCN(Cc4ccccc4)CC3)c2)c1. The van der Waals surface area contributed by atoms with Crippen molar-refractivity contribution in [2.24, 2.45) is 0 Å². The molecule has 3 aromatic rings. The van der Waals surface area contributed by atoms with Gasteiger partial charge in [0, 0.05) is 50.9 Å². The van der Waals surface area contributed by atoms with Gasteiger partial charge >= 0.3 is 5.97 Å². The van der Waals surface area contributed by atoms with Crippen LogP contribution in [0.1, 0.15) is 5.56 Å². The molecule has 0 atom stereocenters. The highest BCUT2D eigenvalue weighted by molar-refractivity contribution is 5.83. The van der Waals surface area contributed by atoms with Gasteiger partial charge < -0.3 is 20.1 Å². The molecule has 2 aromatic carbocycles. The van der Waals surface area contributed by atoms with Crippen LogP contribution in [0.2, 0.25) is 0 Å². The lowest BCUT2D eigenvalue weighted by atomic mass is 10.2. The largest absolute Gasteiger partial charge is 0.456 e. The molecule has 0 radical (unpaired) electrons. The maximum absolute atomic E-state index is 11.4. The fraction of sp³-hybridized carbons (Fsp3) is 0.200. The summed E-state index contributed by atoms with van der Waals surface area (Å²) >= 11 is 0. The number of benzene rings is 2. The monoisotopic (exact) mass is 430 g/mol. The Morgan fingerprint density at radius 3 is 2.50 bits per heavy atom. The Kier molecular flexibility index (Phi) is 6.67. The van der Waals surface area contributed by atoms with E-state index < -0.39 is 5.97 Å². The lowest BCUT2D eigenvalue weighted by molar-refractivity contribution is -0.128. The number of nitrogens with zero attached hydrogens (tertiary/aromatic N) is 3. The van der Waals surface area contributed by atoms with Crippen molar-refractivity contribution < 1.29 is 14.3 Å². The lowest BCUT2D eigenvalue weighted by Gasteiger charge is -2.36. The minimum atomic E-state index is -0.523. The van der Waals surface area contributed by atoms with Gasteiger partial charge in [-0.1, -0.05) is 43.0 Å². The lowest BCUT2D eigenvalue weighted by Crippen LogP contribution is -2.46. The molecule has 164 valence electrons. The highest BCUT2D eigenvalue weighted by Gasteiger charge is 2.20. The molecule has 4 rings (SSSR count). The third kappa shape index (κ3) is 5.44. The van der Waals surface area contributed by atoms with Crippen LogP contribution in [0.5, 0.6) is 17.2 Å². The molecule has 1 fully saturated rings. The van der Waals surface area contributed by atoms with Gasteiger partial charge in [0.1, 0.15) is 23.1 Å². The second-order valence-electron chi connectivity index (χ2n) is 7.53. The topological polar surface area (TPSA) is 80.9 Å². The van der Waals surface area contributed by atoms with Gasteiger partial charge in [-0.25, -0.2) is 9.78 Å². The smallest absolute Gasteiger partial charge is 0.335 e. The molecule has 1 aliphatic rings. The maximum atomic E-state index is 11.4. The Balaban J connectivity index is 1.41. The maximum Gasteiger partial charge on any atom is 0.335 e. The number of piperazine rings is 1. The Morgan fingerprint density at radius 2 is 1.75 bits per heavy atom. The van der Waals surface area contributed by atoms with E-state index in [9.17, 15) is 4.79 Å². The zero-order valence-corrected chi connectivity index (χ0v) is 17.8. The second kappa shape index (κ2) is 9.98. The van der Waals surface area contributed by atoms with Crippen molar-refractivity contribution in [1.82, 2.24) is 9.88 Å². The Labute approximate surface area is 187 Å². The van der Waals surface area contributed by atoms with Crippen molar-refractivity contribution in [2.75, 3.05) is 36.8 Å². The van der Waals surface area contributed by atoms with Gasteiger partial charge in [0.05, 0.1) is 11.9 Å². The van der Waals surface area contributed by atoms with Crippen LogP contribution in [-0.2, 0) is 11.3 Å². The average molecular weight is 431 g/mol. The van der Waals surface area contributed by atoms with Gasteiger partial charge in [-0.05, 0) is 17.7 Å². The molecule has 0 bridgehead atoms. The van der Waals surface area contributed by atoms with Crippen LogP contribution < -0.4 is 20.1 Å². The number of pyridine rings is 1. The van der Waals surface area contributed by atoms with Crippen molar-refractivity contribution >= 4 is 17.5 Å². The zero-order chi connectivity index (χ0) is 22.3. The van der Waals surface area contributed by atoms with Crippen LogP contribution in [0.15, 0.2) is 79.5 Å². The first kappa shape index (κ1) is 21.4. The molecule has 7 heteroatoms. The highest BCUT2D eigenvalue weighted by Crippen LogP contribution is 2.31. The molecule has 1 saturated heterocycles. The van der Waals surface area contributed by atoms with E-state index in [0.29, 0.717) is 23.1 Å². The highest BCUT2D eigenvalue weighted by atomic mass is 16.5. The molecule has 0 spiro atoms. The quantitative estimate of drug-likeness (QED) is 0.346. The summed E-state index contributed by atoms with van der Waals surface area (Å²) in [6.07, 6.45) is 2.70. The molecular formula is C25H26N4O3. The fourth-order valence-electron chi connectivity index (χ4n) is 3.64. The number of carbonyl (C=O) groups excluding carboxylic acids is 1. The number of anilines is 2. The molecule has 32 heavy (non-hydrogen) atoms. The minimum absolute atomic E-state index is 0.380. The Bertz CT molecular complexity index is 1080. The van der Waals surface area contributed by atoms with Crippen LogP contribution in [0, 0.1) is 0 Å². The third-order valence-corrected chi connectivity index (χ3v) is 5.26. The number of ether oxygens (including phenoxy) is 2. The van der Waals surface area contributed by atoms with E-state index in [-0.39, 0.29) is 0 Å². The molecule has 2 N–H and O–H groups in total. The first-order valence-corrected chi connectivity index (χ1v) is 10.5. The van der Waals surface area contributed by atoms with Crippen LogP contribution in [0.4, 0.5) is 11.5 Å². The summed E-state index contributed by atoms with van der Waals surface area (Å²) in [5.41, 5.74) is 8.35. The molecule has 0 aliphatic carbocycles. The summed E-state index contributed by atoms with van der Waals surface area (Å²) in [5.74, 6) is 1.43. The summed E-state index contributed by atoms with van der Waals surface area (Å²) in [5, 5.41) is 0. The van der Waals surface area contributed by atoms with E-state index in [4.69, 9.17) is 15.2 Å². The number of nitrogen functional groups attached to an aromatic ring is 1. The van der Waals surface area contributed by atoms with Gasteiger partial charge in [-0.3, -0.25) is 4.90 Å². The van der Waals surface area contributed by atoms with E-state index in [1.54, 1.807) is 30.5 Å². The fourth-order valence-corrected chi connectivity index (χ4v) is 3.64. The van der Waals surface area contributed by atoms with E-state index in [2.05, 4.69) is 45.6 Å². The predicted molar refractivity (Wildman–Crippen MR) is 125 cm³/mol. The van der Waals surface area contributed by atoms with Crippen molar-refractivity contribution in [3.63, 3.8) is 0 Å². The molecule has 7 nitrogen and oxygen atoms in total. The normalized spacial score (nSPS) is 14.1. The summed E-state index contributed by atoms with van der Waals surface area (Å²) < 4.78 is 11.1. The van der Waals surface area contributed by atoms with E-state index in [1.165, 1.54) is 5.56 Å². The van der Waals surface area contributed by atoms with Gasteiger partial charge in [0.15, 0.2) is 0 Å². The number of aromatic nitrogens is 1. The zero-order valence-electron chi connectivity index (χ0n) is 17.8. The second-order valence-corrected chi connectivity index (χ2v) is 7.53. The van der Waals surface area contributed by atoms with E-state index in [1.807, 2.05) is 12.1 Å². The first-order valence-electron chi connectivity index (χ1n) is 10.5. The predicted octanol–water partition coefficient (Wildman–Crippen LogP) is 3.87. The first-order chi connectivity index (χ1) is 15.6. The van der Waals surface area contributed by atoms with Crippen LogP contribution in [0.25, 0.3) is 0 Å². The molecule has 0 unspecified atom stereocenters. The number of carbonyl (C=O) groups is 1. The van der Waals surface area contributed by atoms with Crippen molar-refractivity contribution in [3.8, 4) is 17.2 Å². The molecule has 1 aliphatic heterocycles. The summed E-state index contributed by atoms with van der Waals surface area (Å²) in [7, 11) is 0. The van der Waals surface area contributed by atoms with Crippen LogP contribution in [0.3, 0.4) is 0 Å². The third-order valence-electron chi connectivity index (χ3n) is 5.26. The van der Waals surface area contributed by atoms with E-state index in [0.717, 1.165) is 44.5 Å². The Hall–Kier alpha value is -3.84. The summed E-state index contributed by atoms with van der Waals surface area (Å²) in [6.45, 7) is 7.94. The summed E-state index contributed by atoms with van der Waals surface area (Å²) in [4.78, 5) is 20.4. The molecule has 1 aromatic heterocycles. The number of hydrogen-bond acceptors (Lipinski definition) is 7. The molecule has 2 heterocycles. The van der Waals surface area contributed by atoms with Crippen LogP contribution in [-0.4, -0.2) is 42.0 Å². The van der Waals surface area contributed by atoms with Gasteiger partial charge in [-0.15, -0.1) is 0 Å². The van der Waals surface area contributed by atoms with Gasteiger partial charge in [0.25, 0.3) is 0 Å². The number of esters is 1. The average Bonchev–Trinajstić information content (AvgIpc) is 2.82. The van der Waals surface area contributed by atoms with Crippen molar-refractivity contribution in [2.45, 2.75) is 6.54 Å². The number of rotatable bonds is 7. The van der Waals surface area contributed by atoms with Crippen molar-refractivity contribution in [1.29, 1.82) is 0 Å².